The number of thioether (sulfide) groups is 1. The van der Waals surface area contributed by atoms with Crippen LogP contribution >= 0.6 is 11.8 Å². The Morgan fingerprint density at radius 3 is 3.00 bits per heavy atom. The van der Waals surface area contributed by atoms with Gasteiger partial charge in [0.25, 0.3) is 0 Å². The lowest BCUT2D eigenvalue weighted by Gasteiger charge is -2.36. The van der Waals surface area contributed by atoms with Crippen molar-refractivity contribution in [1.82, 2.24) is 4.90 Å². The second-order valence-electron chi connectivity index (χ2n) is 5.31. The lowest BCUT2D eigenvalue weighted by atomic mass is 9.85. The SMILES string of the molecule is CCC1CN(C(=O)C2CCCC(N)C2)CCS1. The van der Waals surface area contributed by atoms with Crippen molar-refractivity contribution in [2.24, 2.45) is 11.7 Å². The molecule has 1 amide bonds. The summed E-state index contributed by atoms with van der Waals surface area (Å²) in [4.78, 5) is 14.5. The van der Waals surface area contributed by atoms with E-state index in [9.17, 15) is 4.79 Å². The van der Waals surface area contributed by atoms with E-state index in [1.807, 2.05) is 11.8 Å². The first kappa shape index (κ1) is 13.2. The summed E-state index contributed by atoms with van der Waals surface area (Å²) in [6.07, 6.45) is 5.33. The summed E-state index contributed by atoms with van der Waals surface area (Å²) in [6, 6.07) is 0.249. The zero-order chi connectivity index (χ0) is 12.3. The van der Waals surface area contributed by atoms with Crippen molar-refractivity contribution >= 4 is 17.7 Å². The molecule has 3 nitrogen and oxygen atoms in total. The van der Waals surface area contributed by atoms with Crippen LogP contribution in [-0.2, 0) is 4.79 Å². The van der Waals surface area contributed by atoms with Gasteiger partial charge in [-0.15, -0.1) is 0 Å². The van der Waals surface area contributed by atoms with Gasteiger partial charge < -0.3 is 10.6 Å². The number of hydrogen-bond acceptors (Lipinski definition) is 3. The summed E-state index contributed by atoms with van der Waals surface area (Å²) in [7, 11) is 0. The maximum atomic E-state index is 12.4. The van der Waals surface area contributed by atoms with Crippen molar-refractivity contribution in [3.8, 4) is 0 Å². The molecule has 2 N–H and O–H groups in total. The van der Waals surface area contributed by atoms with E-state index in [-0.39, 0.29) is 12.0 Å². The van der Waals surface area contributed by atoms with Crippen LogP contribution in [-0.4, -0.2) is 40.9 Å². The lowest BCUT2D eigenvalue weighted by molar-refractivity contribution is -0.136. The number of hydrogen-bond donors (Lipinski definition) is 1. The molecule has 0 bridgehead atoms. The summed E-state index contributed by atoms with van der Waals surface area (Å²) in [5.74, 6) is 1.68. The molecule has 17 heavy (non-hydrogen) atoms. The predicted molar refractivity (Wildman–Crippen MR) is 73.1 cm³/mol. The first-order valence-corrected chi connectivity index (χ1v) is 7.91. The van der Waals surface area contributed by atoms with Gasteiger partial charge >= 0.3 is 0 Å². The van der Waals surface area contributed by atoms with Gasteiger partial charge in [-0.1, -0.05) is 13.3 Å². The standard InChI is InChI=1S/C13H24N2OS/c1-2-12-9-15(6-7-17-12)13(16)10-4-3-5-11(14)8-10/h10-12H,2-9,14H2,1H3. The third kappa shape index (κ3) is 3.38. The fourth-order valence-electron chi connectivity index (χ4n) is 2.88. The fourth-order valence-corrected chi connectivity index (χ4v) is 4.06. The summed E-state index contributed by atoms with van der Waals surface area (Å²) in [6.45, 7) is 4.10. The molecule has 0 aromatic heterocycles. The molecule has 3 atom stereocenters. The highest BCUT2D eigenvalue weighted by molar-refractivity contribution is 8.00. The number of nitrogens with two attached hydrogens (primary N) is 1. The molecule has 0 radical (unpaired) electrons. The number of rotatable bonds is 2. The second kappa shape index (κ2) is 6.10. The molecule has 0 spiro atoms. The van der Waals surface area contributed by atoms with E-state index in [1.165, 1.54) is 6.42 Å². The van der Waals surface area contributed by atoms with Gasteiger partial charge in [0.1, 0.15) is 0 Å². The van der Waals surface area contributed by atoms with Crippen molar-refractivity contribution in [2.45, 2.75) is 50.3 Å². The van der Waals surface area contributed by atoms with Crippen molar-refractivity contribution < 1.29 is 4.79 Å². The maximum Gasteiger partial charge on any atom is 0.225 e. The third-order valence-electron chi connectivity index (χ3n) is 3.97. The van der Waals surface area contributed by atoms with E-state index in [4.69, 9.17) is 5.73 Å². The molecule has 1 heterocycles. The van der Waals surface area contributed by atoms with Crippen LogP contribution in [0.1, 0.15) is 39.0 Å². The summed E-state index contributed by atoms with van der Waals surface area (Å²) < 4.78 is 0. The number of carbonyl (C=O) groups excluding carboxylic acids is 1. The Morgan fingerprint density at radius 2 is 2.29 bits per heavy atom. The first-order valence-electron chi connectivity index (χ1n) is 6.86. The quantitative estimate of drug-likeness (QED) is 0.820. The zero-order valence-corrected chi connectivity index (χ0v) is 11.5. The van der Waals surface area contributed by atoms with Crippen LogP contribution in [0.25, 0.3) is 0 Å². The van der Waals surface area contributed by atoms with Gasteiger partial charge in [0.05, 0.1) is 0 Å². The molecule has 1 aliphatic heterocycles. The Bertz CT molecular complexity index is 272. The Kier molecular flexibility index (Phi) is 4.74. The Hall–Kier alpha value is -0.220. The van der Waals surface area contributed by atoms with Crippen LogP contribution in [0.3, 0.4) is 0 Å². The van der Waals surface area contributed by atoms with Gasteiger partial charge in [0, 0.05) is 36.1 Å². The van der Waals surface area contributed by atoms with E-state index in [1.54, 1.807) is 0 Å². The van der Waals surface area contributed by atoms with Crippen LogP contribution in [0.15, 0.2) is 0 Å². The van der Waals surface area contributed by atoms with Crippen LogP contribution in [0.2, 0.25) is 0 Å². The Morgan fingerprint density at radius 1 is 1.47 bits per heavy atom. The van der Waals surface area contributed by atoms with E-state index in [0.29, 0.717) is 11.2 Å². The van der Waals surface area contributed by atoms with Crippen LogP contribution in [0.4, 0.5) is 0 Å². The molecule has 3 unspecified atom stereocenters. The highest BCUT2D eigenvalue weighted by atomic mass is 32.2. The molecule has 0 aromatic carbocycles. The molecule has 4 heteroatoms. The van der Waals surface area contributed by atoms with Crippen LogP contribution < -0.4 is 5.73 Å². The molecule has 1 saturated heterocycles. The van der Waals surface area contributed by atoms with Crippen LogP contribution in [0.5, 0.6) is 0 Å². The minimum Gasteiger partial charge on any atom is -0.341 e. The van der Waals surface area contributed by atoms with E-state index in [0.717, 1.165) is 44.5 Å². The summed E-state index contributed by atoms with van der Waals surface area (Å²) >= 11 is 2.01. The second-order valence-corrected chi connectivity index (χ2v) is 6.72. The molecular weight excluding hydrogens is 232 g/mol. The Balaban J connectivity index is 1.89. The minimum atomic E-state index is 0.208. The molecule has 1 aliphatic carbocycles. The average molecular weight is 256 g/mol. The molecule has 2 aliphatic rings. The van der Waals surface area contributed by atoms with Crippen molar-refractivity contribution in [2.75, 3.05) is 18.8 Å². The molecule has 1 saturated carbocycles. The van der Waals surface area contributed by atoms with Crippen LogP contribution in [0, 0.1) is 5.92 Å². The van der Waals surface area contributed by atoms with Gasteiger partial charge in [0.2, 0.25) is 5.91 Å². The van der Waals surface area contributed by atoms with Gasteiger partial charge in [-0.3, -0.25) is 4.79 Å². The average Bonchev–Trinajstić information content (AvgIpc) is 2.38. The zero-order valence-electron chi connectivity index (χ0n) is 10.7. The van der Waals surface area contributed by atoms with Gasteiger partial charge in [0.15, 0.2) is 0 Å². The van der Waals surface area contributed by atoms with E-state index < -0.39 is 0 Å². The molecule has 2 fully saturated rings. The predicted octanol–water partition coefficient (Wildman–Crippen LogP) is 1.86. The van der Waals surface area contributed by atoms with Gasteiger partial charge in [-0.2, -0.15) is 11.8 Å². The highest BCUT2D eigenvalue weighted by Crippen LogP contribution is 2.28. The minimum absolute atomic E-state index is 0.208. The summed E-state index contributed by atoms with van der Waals surface area (Å²) in [5.41, 5.74) is 5.97. The topological polar surface area (TPSA) is 46.3 Å². The monoisotopic (exact) mass is 256 g/mol. The van der Waals surface area contributed by atoms with Crippen molar-refractivity contribution in [3.63, 3.8) is 0 Å². The van der Waals surface area contributed by atoms with Gasteiger partial charge in [-0.25, -0.2) is 0 Å². The highest BCUT2D eigenvalue weighted by Gasteiger charge is 2.31. The van der Waals surface area contributed by atoms with Gasteiger partial charge in [-0.05, 0) is 25.7 Å². The van der Waals surface area contributed by atoms with E-state index in [2.05, 4.69) is 11.8 Å². The maximum absolute atomic E-state index is 12.4. The number of amides is 1. The first-order chi connectivity index (χ1) is 8.20. The fraction of sp³-hybridized carbons (Fsp3) is 0.923. The largest absolute Gasteiger partial charge is 0.341 e. The molecule has 0 aromatic rings. The van der Waals surface area contributed by atoms with Crippen molar-refractivity contribution in [1.29, 1.82) is 0 Å². The smallest absolute Gasteiger partial charge is 0.225 e. The third-order valence-corrected chi connectivity index (χ3v) is 5.34. The number of nitrogens with zero attached hydrogens (tertiary/aromatic N) is 1. The molecule has 98 valence electrons. The molecular formula is C13H24N2OS. The van der Waals surface area contributed by atoms with Crippen molar-refractivity contribution in [3.05, 3.63) is 0 Å². The Labute approximate surface area is 108 Å². The lowest BCUT2D eigenvalue weighted by Crippen LogP contribution is -2.46. The molecule has 2 rings (SSSR count). The summed E-state index contributed by atoms with van der Waals surface area (Å²) in [5, 5.41) is 0.643. The number of carbonyl (C=O) groups is 1. The normalized spacial score (nSPS) is 34.7. The van der Waals surface area contributed by atoms with E-state index >= 15 is 0 Å².